The van der Waals surface area contributed by atoms with Crippen LogP contribution in [0.3, 0.4) is 0 Å². The summed E-state index contributed by atoms with van der Waals surface area (Å²) in [5.41, 5.74) is 2.58. The third-order valence-electron chi connectivity index (χ3n) is 3.98. The summed E-state index contributed by atoms with van der Waals surface area (Å²) in [6.45, 7) is 10.3. The smallest absolute Gasteiger partial charge is 0.305 e. The highest BCUT2D eigenvalue weighted by molar-refractivity contribution is 5.67. The first kappa shape index (κ1) is 18.5. The van der Waals surface area contributed by atoms with Gasteiger partial charge in [-0.2, -0.15) is 0 Å². The molecule has 0 atom stereocenters. The number of carboxylic acid groups (broad SMARTS) is 1. The Morgan fingerprint density at radius 3 is 2.18 bits per heavy atom. The Bertz CT molecular complexity index is 445. The van der Waals surface area contributed by atoms with E-state index in [9.17, 15) is 4.79 Å². The summed E-state index contributed by atoms with van der Waals surface area (Å²) >= 11 is 0. The van der Waals surface area contributed by atoms with Crippen LogP contribution in [0.4, 0.5) is 5.69 Å². The van der Waals surface area contributed by atoms with E-state index in [0.29, 0.717) is 6.54 Å². The van der Waals surface area contributed by atoms with Crippen molar-refractivity contribution < 1.29 is 9.90 Å². The second-order valence-electron chi connectivity index (χ2n) is 6.99. The summed E-state index contributed by atoms with van der Waals surface area (Å²) in [7, 11) is 0. The van der Waals surface area contributed by atoms with Gasteiger partial charge in [0.2, 0.25) is 0 Å². The Kier molecular flexibility index (Phi) is 7.43. The number of unbranched alkanes of at least 4 members (excludes halogenated alkanes) is 3. The fourth-order valence-electron chi connectivity index (χ4n) is 2.50. The zero-order valence-electron chi connectivity index (χ0n) is 14.6. The van der Waals surface area contributed by atoms with E-state index >= 15 is 0 Å². The number of hydrogen-bond acceptors (Lipinski definition) is 2. The first-order valence-corrected chi connectivity index (χ1v) is 8.42. The lowest BCUT2D eigenvalue weighted by molar-refractivity contribution is -0.136. The predicted molar refractivity (Wildman–Crippen MR) is 93.7 cm³/mol. The van der Waals surface area contributed by atoms with Crippen molar-refractivity contribution in [3.63, 3.8) is 0 Å². The maximum atomic E-state index is 10.9. The molecule has 3 nitrogen and oxygen atoms in total. The Morgan fingerprint density at radius 2 is 1.68 bits per heavy atom. The fourth-order valence-corrected chi connectivity index (χ4v) is 2.50. The van der Waals surface area contributed by atoms with Crippen molar-refractivity contribution in [2.45, 2.75) is 65.2 Å². The van der Waals surface area contributed by atoms with Crippen LogP contribution in [-0.2, 0) is 10.2 Å². The van der Waals surface area contributed by atoms with Gasteiger partial charge in [-0.05, 0) is 29.5 Å². The molecular weight excluding hydrogens is 274 g/mol. The van der Waals surface area contributed by atoms with Crippen LogP contribution in [-0.4, -0.2) is 24.2 Å². The number of hydrogen-bond donors (Lipinski definition) is 1. The van der Waals surface area contributed by atoms with Gasteiger partial charge in [-0.1, -0.05) is 59.1 Å². The third kappa shape index (κ3) is 6.50. The predicted octanol–water partition coefficient (Wildman–Crippen LogP) is 4.85. The van der Waals surface area contributed by atoms with Crippen LogP contribution in [0.25, 0.3) is 0 Å². The van der Waals surface area contributed by atoms with E-state index < -0.39 is 5.97 Å². The second kappa shape index (κ2) is 8.82. The molecule has 0 aromatic heterocycles. The fraction of sp³-hybridized carbons (Fsp3) is 0.632. The molecule has 0 spiro atoms. The van der Waals surface area contributed by atoms with Gasteiger partial charge < -0.3 is 10.0 Å². The summed E-state index contributed by atoms with van der Waals surface area (Å²) in [4.78, 5) is 13.1. The van der Waals surface area contributed by atoms with Crippen molar-refractivity contribution in [1.29, 1.82) is 0 Å². The molecule has 0 heterocycles. The first-order valence-electron chi connectivity index (χ1n) is 8.42. The SMILES string of the molecule is CCCCCCN(CCC(=O)O)c1ccc(C(C)(C)C)cc1. The van der Waals surface area contributed by atoms with Gasteiger partial charge >= 0.3 is 5.97 Å². The highest BCUT2D eigenvalue weighted by Gasteiger charge is 2.14. The lowest BCUT2D eigenvalue weighted by Gasteiger charge is -2.26. The minimum absolute atomic E-state index is 0.144. The van der Waals surface area contributed by atoms with E-state index in [1.165, 1.54) is 24.8 Å². The van der Waals surface area contributed by atoms with Crippen LogP contribution in [0.15, 0.2) is 24.3 Å². The van der Waals surface area contributed by atoms with Gasteiger partial charge in [0.05, 0.1) is 6.42 Å². The summed E-state index contributed by atoms with van der Waals surface area (Å²) in [6.07, 6.45) is 4.98. The topological polar surface area (TPSA) is 40.5 Å². The molecular formula is C19H31NO2. The van der Waals surface area contributed by atoms with Crippen LogP contribution in [0, 0.1) is 0 Å². The van der Waals surface area contributed by atoms with Crippen molar-refractivity contribution in [3.8, 4) is 0 Å². The van der Waals surface area contributed by atoms with Crippen LogP contribution >= 0.6 is 0 Å². The van der Waals surface area contributed by atoms with Crippen LogP contribution in [0.1, 0.15) is 65.4 Å². The van der Waals surface area contributed by atoms with Gasteiger partial charge in [0.1, 0.15) is 0 Å². The molecule has 0 aliphatic rings. The Morgan fingerprint density at radius 1 is 1.05 bits per heavy atom. The van der Waals surface area contributed by atoms with Crippen molar-refractivity contribution >= 4 is 11.7 Å². The van der Waals surface area contributed by atoms with Crippen molar-refractivity contribution in [2.24, 2.45) is 0 Å². The standard InChI is InChI=1S/C19H31NO2/c1-5-6-7-8-14-20(15-13-18(21)22)17-11-9-16(10-12-17)19(2,3)4/h9-12H,5-8,13-15H2,1-4H3,(H,21,22). The maximum Gasteiger partial charge on any atom is 0.305 e. The van der Waals surface area contributed by atoms with E-state index in [1.54, 1.807) is 0 Å². The highest BCUT2D eigenvalue weighted by Crippen LogP contribution is 2.25. The molecule has 0 fully saturated rings. The molecule has 0 saturated heterocycles. The quantitative estimate of drug-likeness (QED) is 0.663. The van der Waals surface area contributed by atoms with Crippen molar-refractivity contribution in [1.82, 2.24) is 0 Å². The maximum absolute atomic E-state index is 10.9. The number of aliphatic carboxylic acids is 1. The Labute approximate surface area is 135 Å². The van der Waals surface area contributed by atoms with Gasteiger partial charge in [-0.25, -0.2) is 0 Å². The largest absolute Gasteiger partial charge is 0.481 e. The molecule has 0 aliphatic carbocycles. The zero-order valence-corrected chi connectivity index (χ0v) is 14.6. The van der Waals surface area contributed by atoms with Gasteiger partial charge in [-0.15, -0.1) is 0 Å². The molecule has 0 radical (unpaired) electrons. The monoisotopic (exact) mass is 305 g/mol. The average Bonchev–Trinajstić information content (AvgIpc) is 2.45. The molecule has 124 valence electrons. The normalized spacial score (nSPS) is 11.5. The van der Waals surface area contributed by atoms with Gasteiger partial charge in [0.15, 0.2) is 0 Å². The number of carboxylic acids is 1. The highest BCUT2D eigenvalue weighted by atomic mass is 16.4. The second-order valence-corrected chi connectivity index (χ2v) is 6.99. The van der Waals surface area contributed by atoms with Gasteiger partial charge in [0, 0.05) is 18.8 Å². The summed E-state index contributed by atoms with van der Waals surface area (Å²) in [6, 6.07) is 8.58. The zero-order chi connectivity index (χ0) is 16.6. The summed E-state index contributed by atoms with van der Waals surface area (Å²) in [5.74, 6) is -0.732. The average molecular weight is 305 g/mol. The van der Waals surface area contributed by atoms with Gasteiger partial charge in [-0.3, -0.25) is 4.79 Å². The first-order chi connectivity index (χ1) is 10.3. The third-order valence-corrected chi connectivity index (χ3v) is 3.98. The molecule has 3 heteroatoms. The number of benzene rings is 1. The molecule has 0 aliphatic heterocycles. The summed E-state index contributed by atoms with van der Waals surface area (Å²) in [5, 5.41) is 8.94. The molecule has 0 bridgehead atoms. The van der Waals surface area contributed by atoms with Crippen molar-refractivity contribution in [2.75, 3.05) is 18.0 Å². The molecule has 0 saturated carbocycles. The number of anilines is 1. The Hall–Kier alpha value is -1.51. The molecule has 1 rings (SSSR count). The van der Waals surface area contributed by atoms with Crippen LogP contribution in [0.5, 0.6) is 0 Å². The number of carbonyl (C=O) groups is 1. The van der Waals surface area contributed by atoms with Gasteiger partial charge in [0.25, 0.3) is 0 Å². The van der Waals surface area contributed by atoms with E-state index in [2.05, 4.69) is 56.9 Å². The van der Waals surface area contributed by atoms with E-state index in [-0.39, 0.29) is 11.8 Å². The lowest BCUT2D eigenvalue weighted by Crippen LogP contribution is -2.27. The Balaban J connectivity index is 2.73. The molecule has 1 aromatic carbocycles. The van der Waals surface area contributed by atoms with E-state index in [1.807, 2.05) is 0 Å². The lowest BCUT2D eigenvalue weighted by atomic mass is 9.87. The minimum Gasteiger partial charge on any atom is -0.481 e. The molecule has 1 aromatic rings. The molecule has 0 unspecified atom stereocenters. The number of rotatable bonds is 9. The molecule has 1 N–H and O–H groups in total. The van der Waals surface area contributed by atoms with Crippen molar-refractivity contribution in [3.05, 3.63) is 29.8 Å². The summed E-state index contributed by atoms with van der Waals surface area (Å²) < 4.78 is 0. The minimum atomic E-state index is -0.732. The molecule has 0 amide bonds. The van der Waals surface area contributed by atoms with Crippen LogP contribution < -0.4 is 4.90 Å². The van der Waals surface area contributed by atoms with Crippen LogP contribution in [0.2, 0.25) is 0 Å². The number of nitrogens with zero attached hydrogens (tertiary/aromatic N) is 1. The molecule has 22 heavy (non-hydrogen) atoms. The van der Waals surface area contributed by atoms with E-state index in [4.69, 9.17) is 5.11 Å². The van der Waals surface area contributed by atoms with E-state index in [0.717, 1.165) is 18.7 Å².